The van der Waals surface area contributed by atoms with Crippen molar-refractivity contribution in [3.05, 3.63) is 72.3 Å². The third kappa shape index (κ3) is 4.73. The van der Waals surface area contributed by atoms with Crippen LogP contribution in [0.4, 0.5) is 4.79 Å². The van der Waals surface area contributed by atoms with Gasteiger partial charge in [-0.1, -0.05) is 61.2 Å². The summed E-state index contributed by atoms with van der Waals surface area (Å²) in [6, 6.07) is 16.3. The van der Waals surface area contributed by atoms with Crippen molar-refractivity contribution in [3.8, 4) is 11.1 Å². The van der Waals surface area contributed by atoms with Gasteiger partial charge in [-0.3, -0.25) is 0 Å². The fraction of sp³-hybridized carbons (Fsp3) is 0.429. The molecule has 2 unspecified atom stereocenters. The molecule has 0 heterocycles. The number of ether oxygens (including phenoxy) is 3. The molecule has 0 aliphatic heterocycles. The first-order chi connectivity index (χ1) is 16.2. The molecule has 0 spiro atoms. The molecule has 2 atom stereocenters. The highest BCUT2D eigenvalue weighted by molar-refractivity contribution is 5.87. The van der Waals surface area contributed by atoms with Crippen LogP contribution in [0, 0.1) is 0 Å². The van der Waals surface area contributed by atoms with Crippen molar-refractivity contribution >= 4 is 12.1 Å². The number of amides is 1. The molecule has 0 aromatic heterocycles. The number of rotatable bonds is 7. The van der Waals surface area contributed by atoms with E-state index in [9.17, 15) is 9.59 Å². The fourth-order valence-electron chi connectivity index (χ4n) is 5.07. The molecule has 2 aliphatic carbocycles. The molecule has 180 valence electrons. The van der Waals surface area contributed by atoms with Crippen molar-refractivity contribution in [3.63, 3.8) is 0 Å². The molecular weight excluding hydrogens is 430 g/mol. The molecule has 6 heteroatoms. The molecule has 2 aliphatic rings. The summed E-state index contributed by atoms with van der Waals surface area (Å²) in [5.41, 5.74) is 2.80. The normalized spacial score (nSPS) is 21.4. The minimum Gasteiger partial charge on any atom is -0.460 e. The smallest absolute Gasteiger partial charge is 0.408 e. The van der Waals surface area contributed by atoms with Crippen molar-refractivity contribution < 1.29 is 23.8 Å². The van der Waals surface area contributed by atoms with Crippen molar-refractivity contribution in [2.75, 3.05) is 13.2 Å². The molecule has 6 nitrogen and oxygen atoms in total. The lowest BCUT2D eigenvalue weighted by molar-refractivity contribution is -0.161. The van der Waals surface area contributed by atoms with Crippen LogP contribution in [0.2, 0.25) is 0 Å². The molecule has 1 saturated carbocycles. The van der Waals surface area contributed by atoms with E-state index in [0.29, 0.717) is 12.8 Å². The van der Waals surface area contributed by atoms with E-state index in [4.69, 9.17) is 14.2 Å². The topological polar surface area (TPSA) is 73.9 Å². The molecule has 2 aromatic rings. The van der Waals surface area contributed by atoms with Crippen LogP contribution in [0.15, 0.2) is 61.2 Å². The van der Waals surface area contributed by atoms with Crippen molar-refractivity contribution in [1.82, 2.24) is 5.32 Å². The lowest BCUT2D eigenvalue weighted by atomic mass is 9.94. The Balaban J connectivity index is 1.52. The van der Waals surface area contributed by atoms with Gasteiger partial charge in [-0.25, -0.2) is 9.59 Å². The van der Waals surface area contributed by atoms with Gasteiger partial charge < -0.3 is 19.5 Å². The third-order valence-corrected chi connectivity index (χ3v) is 6.45. The summed E-state index contributed by atoms with van der Waals surface area (Å²) in [4.78, 5) is 26.2. The molecule has 4 rings (SSSR count). The van der Waals surface area contributed by atoms with Gasteiger partial charge in [0.2, 0.25) is 0 Å². The van der Waals surface area contributed by atoms with E-state index >= 15 is 0 Å². The van der Waals surface area contributed by atoms with E-state index in [1.54, 1.807) is 0 Å². The summed E-state index contributed by atoms with van der Waals surface area (Å²) in [7, 11) is 0. The van der Waals surface area contributed by atoms with E-state index in [1.165, 1.54) is 6.08 Å². The van der Waals surface area contributed by atoms with Crippen LogP contribution in [-0.4, -0.2) is 42.5 Å². The molecule has 0 bridgehead atoms. The van der Waals surface area contributed by atoms with Gasteiger partial charge in [-0.15, -0.1) is 0 Å². The Labute approximate surface area is 201 Å². The number of carbonyl (C=O) groups excluding carboxylic acids is 2. The van der Waals surface area contributed by atoms with Gasteiger partial charge in [-0.2, -0.15) is 0 Å². The van der Waals surface area contributed by atoms with Crippen LogP contribution in [0.5, 0.6) is 0 Å². The summed E-state index contributed by atoms with van der Waals surface area (Å²) in [5.74, 6) is -0.584. The number of esters is 1. The number of benzene rings is 2. The van der Waals surface area contributed by atoms with Gasteiger partial charge in [0.25, 0.3) is 0 Å². The van der Waals surface area contributed by atoms with Crippen molar-refractivity contribution in [1.29, 1.82) is 0 Å². The average Bonchev–Trinajstić information content (AvgIpc) is 3.34. The zero-order valence-electron chi connectivity index (χ0n) is 20.1. The summed E-state index contributed by atoms with van der Waals surface area (Å²) < 4.78 is 17.3. The van der Waals surface area contributed by atoms with Crippen LogP contribution in [0.1, 0.15) is 57.1 Å². The molecule has 2 aromatic carbocycles. The Morgan fingerprint density at radius 3 is 2.26 bits per heavy atom. The van der Waals surface area contributed by atoms with Gasteiger partial charge in [0.15, 0.2) is 5.54 Å². The number of hydrogen-bond donors (Lipinski definition) is 1. The maximum Gasteiger partial charge on any atom is 0.408 e. The molecule has 1 amide bonds. The van der Waals surface area contributed by atoms with Crippen LogP contribution < -0.4 is 5.32 Å². The SMILES string of the molecule is C=CCOC(=O)C1(NC(=O)OCC2c3ccccc3-c3ccccc32)CCCC1OC(C)(C)C. The van der Waals surface area contributed by atoms with E-state index in [0.717, 1.165) is 28.7 Å². The molecule has 1 N–H and O–H groups in total. The summed E-state index contributed by atoms with van der Waals surface area (Å²) in [6.45, 7) is 9.63. The molecule has 34 heavy (non-hydrogen) atoms. The fourth-order valence-corrected chi connectivity index (χ4v) is 5.07. The lowest BCUT2D eigenvalue weighted by Gasteiger charge is -2.37. The first kappa shape index (κ1) is 24.0. The highest BCUT2D eigenvalue weighted by atomic mass is 16.6. The minimum atomic E-state index is -1.29. The number of hydrogen-bond acceptors (Lipinski definition) is 5. The molecular formula is C28H33NO5. The van der Waals surface area contributed by atoms with Gasteiger partial charge >= 0.3 is 12.1 Å². The maximum atomic E-state index is 13.1. The summed E-state index contributed by atoms with van der Waals surface area (Å²) in [6.07, 6.45) is 2.14. The lowest BCUT2D eigenvalue weighted by Crippen LogP contribution is -2.61. The number of fused-ring (bicyclic) bond motifs is 3. The van der Waals surface area contributed by atoms with Crippen molar-refractivity contribution in [2.24, 2.45) is 0 Å². The summed E-state index contributed by atoms with van der Waals surface area (Å²) in [5, 5.41) is 2.85. The highest BCUT2D eigenvalue weighted by Gasteiger charge is 2.54. The maximum absolute atomic E-state index is 13.1. The summed E-state index contributed by atoms with van der Waals surface area (Å²) >= 11 is 0. The molecule has 0 radical (unpaired) electrons. The zero-order chi connectivity index (χ0) is 24.3. The average molecular weight is 464 g/mol. The Morgan fingerprint density at radius 1 is 1.06 bits per heavy atom. The predicted octanol–water partition coefficient (Wildman–Crippen LogP) is 5.36. The molecule has 1 fully saturated rings. The van der Waals surface area contributed by atoms with Gasteiger partial charge in [0, 0.05) is 5.92 Å². The van der Waals surface area contributed by atoms with E-state index in [2.05, 4.69) is 36.2 Å². The Hall–Kier alpha value is -3.12. The molecule has 0 saturated heterocycles. The Bertz CT molecular complexity index is 1030. The van der Waals surface area contributed by atoms with Gasteiger partial charge in [0.1, 0.15) is 13.2 Å². The van der Waals surface area contributed by atoms with E-state index in [1.807, 2.05) is 45.0 Å². The predicted molar refractivity (Wildman–Crippen MR) is 131 cm³/mol. The van der Waals surface area contributed by atoms with Gasteiger partial charge in [-0.05, 0) is 62.3 Å². The quantitative estimate of drug-likeness (QED) is 0.442. The Kier molecular flexibility index (Phi) is 6.80. The monoisotopic (exact) mass is 463 g/mol. The van der Waals surface area contributed by atoms with Gasteiger partial charge in [0.05, 0.1) is 11.7 Å². The van der Waals surface area contributed by atoms with Crippen LogP contribution in [0.25, 0.3) is 11.1 Å². The Morgan fingerprint density at radius 2 is 1.68 bits per heavy atom. The first-order valence-electron chi connectivity index (χ1n) is 11.8. The number of nitrogens with one attached hydrogen (secondary N) is 1. The largest absolute Gasteiger partial charge is 0.460 e. The number of carbonyl (C=O) groups is 2. The van der Waals surface area contributed by atoms with Crippen LogP contribution >= 0.6 is 0 Å². The third-order valence-electron chi connectivity index (χ3n) is 6.45. The standard InChI is InChI=1S/C28H33NO5/c1-5-17-32-25(30)28(16-10-15-24(28)34-27(2,3)4)29-26(31)33-18-23-21-13-8-6-11-19(21)20-12-7-9-14-22(20)23/h5-9,11-14,23-24H,1,10,15-18H2,2-4H3,(H,29,31). The van der Waals surface area contributed by atoms with Crippen molar-refractivity contribution in [2.45, 2.75) is 63.2 Å². The second-order valence-electron chi connectivity index (χ2n) is 9.92. The van der Waals surface area contributed by atoms with Crippen LogP contribution in [-0.2, 0) is 19.0 Å². The second-order valence-corrected chi connectivity index (χ2v) is 9.92. The highest BCUT2D eigenvalue weighted by Crippen LogP contribution is 2.44. The second kappa shape index (κ2) is 9.63. The first-order valence-corrected chi connectivity index (χ1v) is 11.8. The van der Waals surface area contributed by atoms with Crippen LogP contribution in [0.3, 0.4) is 0 Å². The van der Waals surface area contributed by atoms with E-state index < -0.39 is 29.3 Å². The van der Waals surface area contributed by atoms with E-state index in [-0.39, 0.29) is 19.1 Å². The zero-order valence-corrected chi connectivity index (χ0v) is 20.1. The number of alkyl carbamates (subject to hydrolysis) is 1. The minimum absolute atomic E-state index is 0.0629.